The topological polar surface area (TPSA) is 248 Å². The molecule has 3 aromatic heterocycles. The summed E-state index contributed by atoms with van der Waals surface area (Å²) in [5.41, 5.74) is 11.1. The molecule has 1 saturated heterocycles. The number of nitrogens with two attached hydrogens (primary N) is 1. The third-order valence-corrected chi connectivity index (χ3v) is 18.6. The number of carboxylic acid groups (broad SMARTS) is 1. The van der Waals surface area contributed by atoms with Crippen molar-refractivity contribution in [2.45, 2.75) is 116 Å². The van der Waals surface area contributed by atoms with E-state index in [0.29, 0.717) is 66.4 Å². The fourth-order valence-corrected chi connectivity index (χ4v) is 14.9. The number of carbonyl (C=O) groups excluding carboxylic acids is 4. The van der Waals surface area contributed by atoms with Crippen LogP contribution in [0.3, 0.4) is 0 Å². The minimum absolute atomic E-state index is 0.0554. The SMILES string of the molecule is CC(=NCC12CC3(OCCN(C)CCCCCOc4ccc5c(c4)C(=O)N(C4CCC(=O)NC4=O)C5=O)CC(C)(C1)C(C)(C2)C3)/C(=C\N)c1ccc(N2CCCc3c2nnc(Nc2nc4ccccc4s2)c3C)nc1C(=O)O. The predicted octanol–water partition coefficient (Wildman–Crippen LogP) is 8.40. The zero-order valence-electron chi connectivity index (χ0n) is 44.9. The Hall–Kier alpha value is -7.16. The molecule has 6 heterocycles. The molecule has 0 spiro atoms. The van der Waals surface area contributed by atoms with Crippen LogP contribution in [-0.4, -0.2) is 128 Å². The maximum Gasteiger partial charge on any atom is 0.355 e. The van der Waals surface area contributed by atoms with Gasteiger partial charge in [-0.15, -0.1) is 10.2 Å². The van der Waals surface area contributed by atoms with Crippen LogP contribution in [0.15, 0.2) is 65.8 Å². The van der Waals surface area contributed by atoms with Crippen molar-refractivity contribution in [2.75, 3.05) is 56.7 Å². The average molecular weight is 1080 g/mol. The summed E-state index contributed by atoms with van der Waals surface area (Å²) in [5.74, 6) is -1.06. The highest BCUT2D eigenvalue weighted by molar-refractivity contribution is 7.22. The number of carboxylic acids is 1. The van der Waals surface area contributed by atoms with Gasteiger partial charge < -0.3 is 35.4 Å². The fourth-order valence-electron chi connectivity index (χ4n) is 14.1. The lowest BCUT2D eigenvalue weighted by Gasteiger charge is -2.47. The van der Waals surface area contributed by atoms with Gasteiger partial charge in [-0.25, -0.2) is 14.8 Å². The zero-order chi connectivity index (χ0) is 54.7. The number of nitrogens with one attached hydrogen (secondary N) is 2. The zero-order valence-corrected chi connectivity index (χ0v) is 45.8. The first-order chi connectivity index (χ1) is 37.4. The molecule has 3 unspecified atom stereocenters. The summed E-state index contributed by atoms with van der Waals surface area (Å²) in [6, 6.07) is 15.4. The Labute approximate surface area is 457 Å². The van der Waals surface area contributed by atoms with Crippen LogP contribution in [0.25, 0.3) is 15.8 Å². The summed E-state index contributed by atoms with van der Waals surface area (Å²) in [6.45, 7) is 12.8. The molecule has 4 aliphatic carbocycles. The lowest BCUT2D eigenvalue weighted by Crippen LogP contribution is -2.54. The van der Waals surface area contributed by atoms with Gasteiger partial charge in [-0.05, 0) is 157 Å². The number of piperidine rings is 1. The smallest absolute Gasteiger partial charge is 0.355 e. The summed E-state index contributed by atoms with van der Waals surface area (Å²) >= 11 is 1.56. The Kier molecular flexibility index (Phi) is 13.9. The number of thiazole rings is 1. The molecule has 0 radical (unpaired) electrons. The first-order valence-corrected chi connectivity index (χ1v) is 28.0. The maximum absolute atomic E-state index is 13.2. The normalized spacial score (nSPS) is 25.6. The van der Waals surface area contributed by atoms with Crippen molar-refractivity contribution in [3.63, 3.8) is 0 Å². The van der Waals surface area contributed by atoms with Crippen LogP contribution in [0.5, 0.6) is 5.75 Å². The van der Waals surface area contributed by atoms with E-state index in [2.05, 4.69) is 46.6 Å². The third-order valence-electron chi connectivity index (χ3n) is 17.6. The molecule has 408 valence electrons. The van der Waals surface area contributed by atoms with Gasteiger partial charge in [0.1, 0.15) is 17.6 Å². The van der Waals surface area contributed by atoms with Crippen LogP contribution < -0.4 is 26.0 Å². The van der Waals surface area contributed by atoms with E-state index >= 15 is 0 Å². The molecule has 78 heavy (non-hydrogen) atoms. The highest BCUT2D eigenvalue weighted by Crippen LogP contribution is 2.78. The van der Waals surface area contributed by atoms with E-state index in [1.165, 1.54) is 6.20 Å². The number of hydrogen-bond donors (Lipinski definition) is 4. The van der Waals surface area contributed by atoms with Crippen LogP contribution >= 0.6 is 11.3 Å². The van der Waals surface area contributed by atoms with Gasteiger partial charge in [0.25, 0.3) is 11.8 Å². The summed E-state index contributed by atoms with van der Waals surface area (Å²) in [6.07, 6.45) is 11.1. The Morgan fingerprint density at radius 2 is 1.73 bits per heavy atom. The molecule has 3 aliphatic heterocycles. The Balaban J connectivity index is 0.674. The van der Waals surface area contributed by atoms with Gasteiger partial charge in [0.05, 0.1) is 40.2 Å². The van der Waals surface area contributed by atoms with Crippen LogP contribution in [0, 0.1) is 23.2 Å². The highest BCUT2D eigenvalue weighted by atomic mass is 32.1. The summed E-state index contributed by atoms with van der Waals surface area (Å²) in [5, 5.41) is 26.2. The molecular formula is C58H67N11O8S. The molecule has 5 N–H and O–H groups in total. The molecule has 5 aromatic rings. The first-order valence-electron chi connectivity index (χ1n) is 27.2. The second-order valence-corrected chi connectivity index (χ2v) is 24.1. The molecule has 4 saturated carbocycles. The predicted molar refractivity (Wildman–Crippen MR) is 297 cm³/mol. The number of imide groups is 2. The minimum atomic E-state index is -1.16. The molecule has 19 nitrogen and oxygen atoms in total. The summed E-state index contributed by atoms with van der Waals surface area (Å²) < 4.78 is 14.0. The van der Waals surface area contributed by atoms with Crippen molar-refractivity contribution in [3.8, 4) is 5.75 Å². The van der Waals surface area contributed by atoms with E-state index in [1.807, 2.05) is 49.1 Å². The number of rotatable bonds is 20. The number of aliphatic imine (C=N–C) groups is 1. The van der Waals surface area contributed by atoms with E-state index in [-0.39, 0.29) is 51.5 Å². The molecule has 5 fully saturated rings. The van der Waals surface area contributed by atoms with Crippen molar-refractivity contribution >= 4 is 85.0 Å². The molecule has 12 rings (SSSR count). The average Bonchev–Trinajstić information content (AvgIpc) is 2.42. The maximum atomic E-state index is 13.2. The van der Waals surface area contributed by atoms with Gasteiger partial charge >= 0.3 is 5.97 Å². The molecular weight excluding hydrogens is 1010 g/mol. The third kappa shape index (κ3) is 9.69. The molecule has 4 bridgehead atoms. The van der Waals surface area contributed by atoms with Gasteiger partial charge in [0, 0.05) is 60.2 Å². The van der Waals surface area contributed by atoms with Crippen molar-refractivity contribution in [1.82, 2.24) is 35.3 Å². The number of pyridine rings is 1. The Bertz CT molecular complexity index is 3290. The van der Waals surface area contributed by atoms with E-state index < -0.39 is 35.6 Å². The lowest BCUT2D eigenvalue weighted by atomic mass is 9.64. The number of fused-ring (bicyclic) bond motifs is 3. The monoisotopic (exact) mass is 1080 g/mol. The number of unbranched alkanes of at least 4 members (excludes halogenated alkanes) is 2. The van der Waals surface area contributed by atoms with Crippen LogP contribution in [0.1, 0.15) is 139 Å². The number of allylic oxidation sites excluding steroid dienone is 1. The lowest BCUT2D eigenvalue weighted by molar-refractivity contribution is -0.136. The number of carbonyl (C=O) groups is 5. The summed E-state index contributed by atoms with van der Waals surface area (Å²) in [7, 11) is 2.12. The number of ether oxygens (including phenoxy) is 2. The van der Waals surface area contributed by atoms with Crippen LogP contribution in [0.4, 0.5) is 22.6 Å². The second-order valence-electron chi connectivity index (χ2n) is 23.1. The highest BCUT2D eigenvalue weighted by Gasteiger charge is 2.73. The molecule has 3 atom stereocenters. The first kappa shape index (κ1) is 52.9. The number of para-hydroxylation sites is 1. The van der Waals surface area contributed by atoms with E-state index in [1.54, 1.807) is 35.6 Å². The van der Waals surface area contributed by atoms with Crippen molar-refractivity contribution in [2.24, 2.45) is 27.0 Å². The minimum Gasteiger partial charge on any atom is -0.494 e. The van der Waals surface area contributed by atoms with Gasteiger partial charge in [-0.3, -0.25) is 34.4 Å². The number of benzene rings is 2. The number of hydrogen-bond acceptors (Lipinski definition) is 17. The largest absolute Gasteiger partial charge is 0.494 e. The number of amides is 4. The molecule has 4 amide bonds. The number of nitrogens with zero attached hydrogens (tertiary/aromatic N) is 8. The van der Waals surface area contributed by atoms with E-state index in [9.17, 15) is 29.1 Å². The number of likely N-dealkylation sites (N-methyl/N-ethyl adjacent to an activating group) is 1. The van der Waals surface area contributed by atoms with Crippen LogP contribution in [0.2, 0.25) is 0 Å². The number of aromatic carboxylic acids is 1. The van der Waals surface area contributed by atoms with Gasteiger partial charge in [-0.2, -0.15) is 0 Å². The van der Waals surface area contributed by atoms with Crippen LogP contribution in [-0.2, 0) is 20.7 Å². The van der Waals surface area contributed by atoms with Gasteiger partial charge in [0.2, 0.25) is 11.8 Å². The standard InChI is InChI=1S/C58H67N11O8S/c1-34-37-12-11-22-68(49(37)66-65-48(34)64-54-61-42-13-7-8-14-44(42)78-54)45-19-17-38(47(62-45)53(74)75)41(27-59)35(2)60-33-57-28-55(3)30-58(32-57,31-56(55,4)29-57)77-25-23-67(5)21-9-6-10-24-76-36-15-16-39-40(26-36)52(73)69(51(39)72)43-18-20-46(70)63-50(43)71/h7-8,13-17,19,26-27,43H,6,9-12,18,20-25,28-33,59H2,1-5H3,(H,74,75)(H,61,64,65)(H,63,70,71)/b41-27+,60-35?. The Morgan fingerprint density at radius 1 is 0.949 bits per heavy atom. The Morgan fingerprint density at radius 3 is 2.49 bits per heavy atom. The van der Waals surface area contributed by atoms with E-state index in [0.717, 1.165) is 109 Å². The summed E-state index contributed by atoms with van der Waals surface area (Å²) in [4.78, 5) is 83.3. The fraction of sp³-hybridized carbons (Fsp3) is 0.483. The van der Waals surface area contributed by atoms with Crippen molar-refractivity contribution in [3.05, 3.63) is 94.3 Å². The van der Waals surface area contributed by atoms with Crippen molar-refractivity contribution in [1.29, 1.82) is 0 Å². The van der Waals surface area contributed by atoms with Crippen molar-refractivity contribution < 1.29 is 38.6 Å². The molecule has 7 aliphatic rings. The van der Waals surface area contributed by atoms with Gasteiger partial charge in [0.15, 0.2) is 22.5 Å². The van der Waals surface area contributed by atoms with Gasteiger partial charge in [-0.1, -0.05) is 37.3 Å². The number of anilines is 4. The molecule has 20 heteroatoms. The molecule has 2 aromatic carbocycles. The second kappa shape index (κ2) is 20.6. The number of aromatic nitrogens is 4. The quantitative estimate of drug-likeness (QED) is 0.0324. The van der Waals surface area contributed by atoms with E-state index in [4.69, 9.17) is 30.2 Å².